The number of pyridine rings is 1. The van der Waals surface area contributed by atoms with Gasteiger partial charge < -0.3 is 5.73 Å². The molecule has 2 N–H and O–H groups in total. The SMILES string of the molecule is CSc1nc(N)n(-c2cccc(Cl)n2)n1. The van der Waals surface area contributed by atoms with Crippen LogP contribution >= 0.6 is 23.4 Å². The number of aromatic nitrogens is 4. The summed E-state index contributed by atoms with van der Waals surface area (Å²) in [6, 6.07) is 5.24. The van der Waals surface area contributed by atoms with Crippen LogP contribution in [-0.2, 0) is 0 Å². The highest BCUT2D eigenvalue weighted by Gasteiger charge is 2.08. The number of nitrogens with zero attached hydrogens (tertiary/aromatic N) is 4. The average Bonchev–Trinajstić information content (AvgIpc) is 2.60. The number of halogens is 1. The van der Waals surface area contributed by atoms with Gasteiger partial charge in [0.25, 0.3) is 0 Å². The molecule has 2 heterocycles. The van der Waals surface area contributed by atoms with Crippen LogP contribution < -0.4 is 5.73 Å². The van der Waals surface area contributed by atoms with Gasteiger partial charge in [0.05, 0.1) is 0 Å². The van der Waals surface area contributed by atoms with Gasteiger partial charge in [-0.05, 0) is 18.4 Å². The van der Waals surface area contributed by atoms with E-state index in [0.717, 1.165) is 0 Å². The maximum absolute atomic E-state index is 5.77. The predicted molar refractivity (Wildman–Crippen MR) is 60.4 cm³/mol. The van der Waals surface area contributed by atoms with Crippen molar-refractivity contribution in [2.45, 2.75) is 5.16 Å². The Bertz CT molecular complexity index is 484. The molecule has 2 rings (SSSR count). The summed E-state index contributed by atoms with van der Waals surface area (Å²) in [5, 5.41) is 5.16. The number of anilines is 1. The zero-order chi connectivity index (χ0) is 10.8. The zero-order valence-corrected chi connectivity index (χ0v) is 9.46. The van der Waals surface area contributed by atoms with Crippen LogP contribution in [0.5, 0.6) is 0 Å². The third-order valence-electron chi connectivity index (χ3n) is 1.71. The molecule has 0 fully saturated rings. The van der Waals surface area contributed by atoms with Crippen molar-refractivity contribution in [3.8, 4) is 5.82 Å². The largest absolute Gasteiger partial charge is 0.368 e. The van der Waals surface area contributed by atoms with Crippen molar-refractivity contribution in [3.05, 3.63) is 23.4 Å². The molecule has 0 aliphatic rings. The Kier molecular flexibility index (Phi) is 2.79. The van der Waals surface area contributed by atoms with Gasteiger partial charge in [0.1, 0.15) is 5.15 Å². The molecule has 2 aromatic heterocycles. The van der Waals surface area contributed by atoms with Gasteiger partial charge in [0.15, 0.2) is 5.82 Å². The molecule has 0 saturated heterocycles. The molecule has 0 aromatic carbocycles. The summed E-state index contributed by atoms with van der Waals surface area (Å²) in [6.07, 6.45) is 1.88. The molecule has 7 heteroatoms. The third-order valence-corrected chi connectivity index (χ3v) is 2.46. The van der Waals surface area contributed by atoms with E-state index in [1.54, 1.807) is 18.2 Å². The Morgan fingerprint density at radius 3 is 2.80 bits per heavy atom. The molecule has 78 valence electrons. The Labute approximate surface area is 95.7 Å². The van der Waals surface area contributed by atoms with Crippen molar-refractivity contribution < 1.29 is 0 Å². The van der Waals surface area contributed by atoms with Crippen molar-refractivity contribution in [2.24, 2.45) is 0 Å². The third kappa shape index (κ3) is 2.05. The molecule has 5 nitrogen and oxygen atoms in total. The Morgan fingerprint density at radius 2 is 2.20 bits per heavy atom. The molecule has 2 aromatic rings. The minimum atomic E-state index is 0.300. The van der Waals surface area contributed by atoms with Gasteiger partial charge in [-0.1, -0.05) is 29.4 Å². The molecule has 15 heavy (non-hydrogen) atoms. The van der Waals surface area contributed by atoms with Gasteiger partial charge in [-0.15, -0.1) is 5.10 Å². The van der Waals surface area contributed by atoms with Crippen LogP contribution in [-0.4, -0.2) is 26.0 Å². The summed E-state index contributed by atoms with van der Waals surface area (Å²) in [5.74, 6) is 0.863. The van der Waals surface area contributed by atoms with E-state index in [-0.39, 0.29) is 0 Å². The summed E-state index contributed by atoms with van der Waals surface area (Å²) >= 11 is 7.19. The highest BCUT2D eigenvalue weighted by molar-refractivity contribution is 7.98. The first-order chi connectivity index (χ1) is 7.20. The number of rotatable bonds is 2. The van der Waals surface area contributed by atoms with Gasteiger partial charge in [-0.25, -0.2) is 4.98 Å². The second-order valence-corrected chi connectivity index (χ2v) is 3.85. The second-order valence-electron chi connectivity index (χ2n) is 2.69. The summed E-state index contributed by atoms with van der Waals surface area (Å²) in [6.45, 7) is 0. The summed E-state index contributed by atoms with van der Waals surface area (Å²) < 4.78 is 1.46. The Hall–Kier alpha value is -1.27. The van der Waals surface area contributed by atoms with Gasteiger partial charge >= 0.3 is 0 Å². The second kappa shape index (κ2) is 4.08. The first-order valence-corrected chi connectivity index (χ1v) is 5.70. The molecule has 0 bridgehead atoms. The van der Waals surface area contributed by atoms with Crippen molar-refractivity contribution in [3.63, 3.8) is 0 Å². The molecule has 0 aliphatic heterocycles. The lowest BCUT2D eigenvalue weighted by molar-refractivity contribution is 0.816. The average molecular weight is 242 g/mol. The van der Waals surface area contributed by atoms with E-state index >= 15 is 0 Å². The normalized spacial score (nSPS) is 10.5. The van der Waals surface area contributed by atoms with Crippen LogP contribution in [0.4, 0.5) is 5.95 Å². The highest BCUT2D eigenvalue weighted by atomic mass is 35.5. The Morgan fingerprint density at radius 1 is 1.40 bits per heavy atom. The fraction of sp³-hybridized carbons (Fsp3) is 0.125. The number of nitrogens with two attached hydrogens (primary N) is 1. The van der Waals surface area contributed by atoms with Gasteiger partial charge in [0, 0.05) is 0 Å². The standard InChI is InChI=1S/C8H8ClN5S/c1-15-8-12-7(10)14(13-8)6-4-2-3-5(9)11-6/h2-4H,1H3,(H2,10,12,13). The summed E-state index contributed by atoms with van der Waals surface area (Å²) in [7, 11) is 0. The maximum atomic E-state index is 5.77. The van der Waals surface area contributed by atoms with E-state index in [1.807, 2.05) is 6.26 Å². The van der Waals surface area contributed by atoms with Crippen LogP contribution in [0, 0.1) is 0 Å². The monoisotopic (exact) mass is 241 g/mol. The molecule has 0 saturated carbocycles. The van der Waals surface area contributed by atoms with E-state index < -0.39 is 0 Å². The van der Waals surface area contributed by atoms with E-state index in [0.29, 0.717) is 22.1 Å². The highest BCUT2D eigenvalue weighted by Crippen LogP contribution is 2.16. The lowest BCUT2D eigenvalue weighted by Crippen LogP contribution is -2.04. The fourth-order valence-corrected chi connectivity index (χ4v) is 1.58. The summed E-state index contributed by atoms with van der Waals surface area (Å²) in [4.78, 5) is 8.13. The van der Waals surface area contributed by atoms with Gasteiger partial charge in [0.2, 0.25) is 11.1 Å². The van der Waals surface area contributed by atoms with E-state index in [4.69, 9.17) is 17.3 Å². The van der Waals surface area contributed by atoms with Crippen LogP contribution in [0.25, 0.3) is 5.82 Å². The number of thioether (sulfide) groups is 1. The van der Waals surface area contributed by atoms with Crippen LogP contribution in [0.15, 0.2) is 23.4 Å². The van der Waals surface area contributed by atoms with Crippen molar-refractivity contribution in [1.29, 1.82) is 0 Å². The van der Waals surface area contributed by atoms with Gasteiger partial charge in [-0.2, -0.15) is 9.67 Å². The molecule has 0 amide bonds. The smallest absolute Gasteiger partial charge is 0.225 e. The van der Waals surface area contributed by atoms with E-state index in [9.17, 15) is 0 Å². The maximum Gasteiger partial charge on any atom is 0.225 e. The number of hydrogen-bond donors (Lipinski definition) is 1. The topological polar surface area (TPSA) is 69.6 Å². The van der Waals surface area contributed by atoms with Crippen molar-refractivity contribution >= 4 is 29.3 Å². The molecule has 0 atom stereocenters. The van der Waals surface area contributed by atoms with Crippen LogP contribution in [0.2, 0.25) is 5.15 Å². The quantitative estimate of drug-likeness (QED) is 0.639. The van der Waals surface area contributed by atoms with Crippen molar-refractivity contribution in [1.82, 2.24) is 19.7 Å². The lowest BCUT2D eigenvalue weighted by Gasteiger charge is -2.00. The van der Waals surface area contributed by atoms with E-state index in [1.165, 1.54) is 16.4 Å². The van der Waals surface area contributed by atoms with Crippen LogP contribution in [0.1, 0.15) is 0 Å². The van der Waals surface area contributed by atoms with E-state index in [2.05, 4.69) is 15.1 Å². The Balaban J connectivity index is 2.48. The van der Waals surface area contributed by atoms with Crippen molar-refractivity contribution in [2.75, 3.05) is 12.0 Å². The first kappa shape index (κ1) is 10.3. The molecule has 0 spiro atoms. The fourth-order valence-electron chi connectivity index (χ4n) is 1.08. The molecule has 0 unspecified atom stereocenters. The molecule has 0 aliphatic carbocycles. The molecule has 0 radical (unpaired) electrons. The molecular weight excluding hydrogens is 234 g/mol. The zero-order valence-electron chi connectivity index (χ0n) is 7.88. The minimum Gasteiger partial charge on any atom is -0.368 e. The first-order valence-electron chi connectivity index (χ1n) is 4.10. The predicted octanol–water partition coefficient (Wildman–Crippen LogP) is 1.62. The van der Waals surface area contributed by atoms with Gasteiger partial charge in [-0.3, -0.25) is 0 Å². The lowest BCUT2D eigenvalue weighted by atomic mass is 10.5. The number of hydrogen-bond acceptors (Lipinski definition) is 5. The summed E-state index contributed by atoms with van der Waals surface area (Å²) in [5.41, 5.74) is 5.69. The molecular formula is C8H8ClN5S. The number of nitrogen functional groups attached to an aromatic ring is 1. The van der Waals surface area contributed by atoms with Crippen LogP contribution in [0.3, 0.4) is 0 Å². The minimum absolute atomic E-state index is 0.300.